The fourth-order valence-electron chi connectivity index (χ4n) is 2.24. The normalized spacial score (nSPS) is 11.5. The van der Waals surface area contributed by atoms with Gasteiger partial charge in [0.25, 0.3) is 0 Å². The molecule has 0 bridgehead atoms. The fourth-order valence-corrected chi connectivity index (χ4v) is 4.18. The third-order valence-corrected chi connectivity index (χ3v) is 5.83. The van der Waals surface area contributed by atoms with Crippen molar-refractivity contribution in [3.8, 4) is 11.3 Å². The Bertz CT molecular complexity index is 922. The highest BCUT2D eigenvalue weighted by atomic mass is 32.2. The van der Waals surface area contributed by atoms with Crippen molar-refractivity contribution in [1.29, 1.82) is 0 Å². The molecule has 2 heterocycles. The molecule has 0 aliphatic carbocycles. The van der Waals surface area contributed by atoms with E-state index in [1.165, 1.54) is 11.3 Å². The number of nitrogens with one attached hydrogen (secondary N) is 1. The highest BCUT2D eigenvalue weighted by molar-refractivity contribution is 7.89. The second-order valence-corrected chi connectivity index (χ2v) is 8.04. The number of benzene rings is 1. The molecule has 0 saturated carbocycles. The maximum Gasteiger partial charge on any atom is 0.240 e. The quantitative estimate of drug-likeness (QED) is 0.734. The molecule has 0 aliphatic rings. The van der Waals surface area contributed by atoms with Gasteiger partial charge in [0.1, 0.15) is 0 Å². The van der Waals surface area contributed by atoms with Gasteiger partial charge in [-0.2, -0.15) is 0 Å². The maximum atomic E-state index is 12.3. The third-order valence-electron chi connectivity index (χ3n) is 3.46. The minimum Gasteiger partial charge on any atom is -0.265 e. The Morgan fingerprint density at radius 3 is 2.71 bits per heavy atom. The number of hydrogen-bond donors (Lipinski definition) is 1. The van der Waals surface area contributed by atoms with E-state index in [1.54, 1.807) is 30.6 Å². The molecular formula is C17H17N3O2S2. The molecule has 5 nitrogen and oxygen atoms in total. The molecule has 3 rings (SSSR count). The van der Waals surface area contributed by atoms with Gasteiger partial charge in [0.05, 0.1) is 15.6 Å². The van der Waals surface area contributed by atoms with Gasteiger partial charge < -0.3 is 0 Å². The van der Waals surface area contributed by atoms with Gasteiger partial charge in [0.15, 0.2) is 0 Å². The Hall–Kier alpha value is -2.09. The van der Waals surface area contributed by atoms with Crippen LogP contribution in [0.4, 0.5) is 0 Å². The fraction of sp³-hybridized carbons (Fsp3) is 0.176. The van der Waals surface area contributed by atoms with Crippen molar-refractivity contribution >= 4 is 21.4 Å². The van der Waals surface area contributed by atoms with Crippen LogP contribution in [0.15, 0.2) is 59.1 Å². The van der Waals surface area contributed by atoms with E-state index in [0.29, 0.717) is 17.9 Å². The van der Waals surface area contributed by atoms with E-state index in [9.17, 15) is 8.42 Å². The van der Waals surface area contributed by atoms with Gasteiger partial charge in [-0.15, -0.1) is 11.3 Å². The first kappa shape index (κ1) is 16.8. The van der Waals surface area contributed by atoms with E-state index < -0.39 is 10.0 Å². The number of nitrogens with zero attached hydrogens (tertiary/aromatic N) is 2. The zero-order valence-corrected chi connectivity index (χ0v) is 14.8. The number of hydrogen-bond acceptors (Lipinski definition) is 5. The molecule has 0 atom stereocenters. The first-order valence-electron chi connectivity index (χ1n) is 7.46. The summed E-state index contributed by atoms with van der Waals surface area (Å²) in [5.74, 6) is 0. The van der Waals surface area contributed by atoms with Crippen LogP contribution in [0.1, 0.15) is 10.6 Å². The van der Waals surface area contributed by atoms with Crippen molar-refractivity contribution in [3.05, 3.63) is 64.7 Å². The van der Waals surface area contributed by atoms with Crippen molar-refractivity contribution in [3.63, 3.8) is 0 Å². The number of thiazole rings is 1. The third kappa shape index (κ3) is 4.05. The maximum absolute atomic E-state index is 12.3. The van der Waals surface area contributed by atoms with Crippen molar-refractivity contribution in [2.75, 3.05) is 6.54 Å². The molecule has 0 saturated heterocycles. The van der Waals surface area contributed by atoms with Gasteiger partial charge in [-0.05, 0) is 36.8 Å². The predicted molar refractivity (Wildman–Crippen MR) is 95.4 cm³/mol. The van der Waals surface area contributed by atoms with Gasteiger partial charge >= 0.3 is 0 Å². The van der Waals surface area contributed by atoms with Crippen molar-refractivity contribution in [2.24, 2.45) is 0 Å². The van der Waals surface area contributed by atoms with Crippen LogP contribution in [0.2, 0.25) is 0 Å². The molecule has 0 aliphatic heterocycles. The smallest absolute Gasteiger partial charge is 0.240 e. The van der Waals surface area contributed by atoms with E-state index >= 15 is 0 Å². The van der Waals surface area contributed by atoms with E-state index in [-0.39, 0.29) is 0 Å². The van der Waals surface area contributed by atoms with Crippen LogP contribution in [-0.4, -0.2) is 24.9 Å². The van der Waals surface area contributed by atoms with E-state index in [0.717, 1.165) is 21.8 Å². The highest BCUT2D eigenvalue weighted by Gasteiger charge is 2.13. The minimum absolute atomic E-state index is 0.291. The van der Waals surface area contributed by atoms with Crippen molar-refractivity contribution in [1.82, 2.24) is 14.7 Å². The van der Waals surface area contributed by atoms with E-state index in [1.807, 2.05) is 30.5 Å². The molecule has 0 radical (unpaired) electrons. The first-order chi connectivity index (χ1) is 11.5. The molecule has 2 aromatic heterocycles. The van der Waals surface area contributed by atoms with Gasteiger partial charge in [-0.3, -0.25) is 4.98 Å². The lowest BCUT2D eigenvalue weighted by Crippen LogP contribution is -2.26. The average molecular weight is 359 g/mol. The molecule has 7 heteroatoms. The molecule has 124 valence electrons. The van der Waals surface area contributed by atoms with Crippen LogP contribution >= 0.6 is 11.3 Å². The average Bonchev–Trinajstić information content (AvgIpc) is 3.04. The molecule has 0 fully saturated rings. The van der Waals surface area contributed by atoms with Crippen LogP contribution < -0.4 is 4.72 Å². The van der Waals surface area contributed by atoms with Crippen LogP contribution in [0.5, 0.6) is 0 Å². The molecular weight excluding hydrogens is 342 g/mol. The van der Waals surface area contributed by atoms with Crippen LogP contribution in [0, 0.1) is 6.92 Å². The molecule has 3 aromatic rings. The van der Waals surface area contributed by atoms with Crippen LogP contribution in [0.3, 0.4) is 0 Å². The SMILES string of the molecule is Cc1cccc(S(=O)(=O)NCCc2nc(-c3ccncc3)cs2)c1. The predicted octanol–water partition coefficient (Wildman–Crippen LogP) is 3.03. The Kier molecular flexibility index (Phi) is 5.03. The number of pyridine rings is 1. The zero-order chi connectivity index (χ0) is 17.0. The molecule has 0 unspecified atom stereocenters. The number of aromatic nitrogens is 2. The molecule has 0 amide bonds. The largest absolute Gasteiger partial charge is 0.265 e. The monoisotopic (exact) mass is 359 g/mol. The van der Waals surface area contributed by atoms with E-state index in [2.05, 4.69) is 14.7 Å². The second kappa shape index (κ2) is 7.21. The summed E-state index contributed by atoms with van der Waals surface area (Å²) in [5, 5.41) is 2.87. The summed E-state index contributed by atoms with van der Waals surface area (Å²) >= 11 is 1.53. The van der Waals surface area contributed by atoms with Crippen LogP contribution in [0.25, 0.3) is 11.3 Å². The summed E-state index contributed by atoms with van der Waals surface area (Å²) in [6.45, 7) is 2.19. The Morgan fingerprint density at radius 2 is 1.96 bits per heavy atom. The Morgan fingerprint density at radius 1 is 1.17 bits per heavy atom. The van der Waals surface area contributed by atoms with Crippen LogP contribution in [-0.2, 0) is 16.4 Å². The van der Waals surface area contributed by atoms with Crippen molar-refractivity contribution < 1.29 is 8.42 Å². The summed E-state index contributed by atoms with van der Waals surface area (Å²) in [7, 11) is -3.48. The minimum atomic E-state index is -3.48. The summed E-state index contributed by atoms with van der Waals surface area (Å²) in [6.07, 6.45) is 4.01. The number of sulfonamides is 1. The van der Waals surface area contributed by atoms with E-state index in [4.69, 9.17) is 0 Å². The highest BCUT2D eigenvalue weighted by Crippen LogP contribution is 2.21. The van der Waals surface area contributed by atoms with Gasteiger partial charge in [0, 0.05) is 36.3 Å². The lowest BCUT2D eigenvalue weighted by atomic mass is 10.2. The molecule has 1 N–H and O–H groups in total. The number of rotatable bonds is 6. The Labute approximate surface area is 145 Å². The molecule has 0 spiro atoms. The lowest BCUT2D eigenvalue weighted by molar-refractivity contribution is 0.581. The first-order valence-corrected chi connectivity index (χ1v) is 9.82. The summed E-state index contributed by atoms with van der Waals surface area (Å²) in [6, 6.07) is 10.7. The van der Waals surface area contributed by atoms with Gasteiger partial charge in [-0.25, -0.2) is 18.1 Å². The van der Waals surface area contributed by atoms with Crippen molar-refractivity contribution in [2.45, 2.75) is 18.2 Å². The lowest BCUT2D eigenvalue weighted by Gasteiger charge is -2.06. The number of aryl methyl sites for hydroxylation is 1. The summed E-state index contributed by atoms with van der Waals surface area (Å²) < 4.78 is 27.2. The standard InChI is InChI=1S/C17H17N3O2S2/c1-13-3-2-4-15(11-13)24(21,22)19-10-7-17-20-16(12-23-17)14-5-8-18-9-6-14/h2-6,8-9,11-12,19H,7,10H2,1H3. The molecule has 24 heavy (non-hydrogen) atoms. The molecule has 1 aromatic carbocycles. The second-order valence-electron chi connectivity index (χ2n) is 5.33. The van der Waals surface area contributed by atoms with Gasteiger partial charge in [-0.1, -0.05) is 12.1 Å². The summed E-state index contributed by atoms with van der Waals surface area (Å²) in [5.41, 5.74) is 2.81. The topological polar surface area (TPSA) is 72.0 Å². The Balaban J connectivity index is 1.62. The summed E-state index contributed by atoms with van der Waals surface area (Å²) in [4.78, 5) is 8.82. The van der Waals surface area contributed by atoms with Gasteiger partial charge in [0.2, 0.25) is 10.0 Å². The zero-order valence-electron chi connectivity index (χ0n) is 13.1.